The molecule has 2 aliphatic rings. The zero-order valence-electron chi connectivity index (χ0n) is 18.7. The molecule has 34 heavy (non-hydrogen) atoms. The molecule has 1 saturated heterocycles. The lowest BCUT2D eigenvalue weighted by atomic mass is 9.95. The number of hydrogen-bond acceptors (Lipinski definition) is 7. The number of anilines is 1. The molecule has 4 rings (SSSR count). The molecule has 0 spiro atoms. The van der Waals surface area contributed by atoms with E-state index >= 15 is 0 Å². The van der Waals surface area contributed by atoms with Gasteiger partial charge in [-0.15, -0.1) is 0 Å². The van der Waals surface area contributed by atoms with Crippen LogP contribution in [0.15, 0.2) is 35.1 Å². The van der Waals surface area contributed by atoms with Gasteiger partial charge in [0.25, 0.3) is 11.5 Å². The van der Waals surface area contributed by atoms with Crippen LogP contribution in [0.2, 0.25) is 0 Å². The van der Waals surface area contributed by atoms with Gasteiger partial charge in [0.05, 0.1) is 12.8 Å². The smallest absolute Gasteiger partial charge is 0.342 e. The maximum atomic E-state index is 14.2. The van der Waals surface area contributed by atoms with E-state index < -0.39 is 28.8 Å². The van der Waals surface area contributed by atoms with Gasteiger partial charge in [-0.25, -0.2) is 14.3 Å². The maximum absolute atomic E-state index is 14.2. The van der Waals surface area contributed by atoms with Crippen molar-refractivity contribution in [3.63, 3.8) is 0 Å². The molecule has 2 amide bonds. The monoisotopic (exact) mass is 471 g/mol. The van der Waals surface area contributed by atoms with Crippen LogP contribution < -0.4 is 21.1 Å². The third-order valence-corrected chi connectivity index (χ3v) is 6.34. The van der Waals surface area contributed by atoms with Crippen LogP contribution in [0.4, 0.5) is 10.1 Å². The number of nitrogens with one attached hydrogen (secondary N) is 3. The van der Waals surface area contributed by atoms with E-state index in [-0.39, 0.29) is 23.1 Å². The van der Waals surface area contributed by atoms with Crippen molar-refractivity contribution in [3.8, 4) is 0 Å². The van der Waals surface area contributed by atoms with Crippen molar-refractivity contribution in [1.29, 1.82) is 0 Å². The summed E-state index contributed by atoms with van der Waals surface area (Å²) in [6.07, 6.45) is 2.56. The largest absolute Gasteiger partial charge is 0.465 e. The number of aromatic nitrogens is 2. The molecule has 11 heteroatoms. The second-order valence-corrected chi connectivity index (χ2v) is 8.61. The van der Waals surface area contributed by atoms with E-state index in [2.05, 4.69) is 20.8 Å². The van der Waals surface area contributed by atoms with Crippen molar-refractivity contribution in [2.45, 2.75) is 31.2 Å². The summed E-state index contributed by atoms with van der Waals surface area (Å²) in [6.45, 7) is 1.66. The number of halogens is 1. The molecule has 0 unspecified atom stereocenters. The minimum atomic E-state index is -0.952. The summed E-state index contributed by atoms with van der Waals surface area (Å²) in [5, 5.41) is 11.6. The highest BCUT2D eigenvalue weighted by Crippen LogP contribution is 2.36. The quantitative estimate of drug-likeness (QED) is 0.513. The minimum absolute atomic E-state index is 0.0368. The number of esters is 1. The van der Waals surface area contributed by atoms with Crippen LogP contribution in [0.25, 0.3) is 0 Å². The predicted octanol–water partition coefficient (Wildman–Crippen LogP) is 0.991. The molecule has 1 saturated carbocycles. The molecule has 2 aromatic rings. The summed E-state index contributed by atoms with van der Waals surface area (Å²) in [5.74, 6) is -1.88. The lowest BCUT2D eigenvalue weighted by Crippen LogP contribution is -2.50. The fourth-order valence-electron chi connectivity index (χ4n) is 4.15. The first kappa shape index (κ1) is 23.4. The standard InChI is InChI=1S/C23H26FN5O5/c1-34-21(32)19-15(24)3-2-4-17(19)29-11-7-14(8-12-29)13-25-22(33)23(9-10-23)26-20(31)16-5-6-18(30)28-27-16/h2-6,14H,7-13H2,1H3,(H,25,33)(H,26,31)(H,28,30). The lowest BCUT2D eigenvalue weighted by Gasteiger charge is -2.34. The van der Waals surface area contributed by atoms with Crippen molar-refractivity contribution in [1.82, 2.24) is 20.8 Å². The molecule has 0 atom stereocenters. The Morgan fingerprint density at radius 2 is 1.94 bits per heavy atom. The molecule has 1 aliphatic heterocycles. The number of aromatic amines is 1. The average Bonchev–Trinajstić information content (AvgIpc) is 3.63. The van der Waals surface area contributed by atoms with Gasteiger partial charge in [-0.05, 0) is 49.8 Å². The minimum Gasteiger partial charge on any atom is -0.465 e. The van der Waals surface area contributed by atoms with Crippen molar-refractivity contribution in [2.24, 2.45) is 5.92 Å². The van der Waals surface area contributed by atoms with E-state index in [1.54, 1.807) is 12.1 Å². The Morgan fingerprint density at radius 3 is 2.56 bits per heavy atom. The summed E-state index contributed by atoms with van der Waals surface area (Å²) < 4.78 is 19.0. The van der Waals surface area contributed by atoms with Crippen LogP contribution in [0.5, 0.6) is 0 Å². The average molecular weight is 471 g/mol. The first-order valence-corrected chi connectivity index (χ1v) is 11.1. The van der Waals surface area contributed by atoms with Crippen LogP contribution in [0, 0.1) is 11.7 Å². The van der Waals surface area contributed by atoms with Crippen LogP contribution in [-0.2, 0) is 9.53 Å². The number of ether oxygens (including phenoxy) is 1. The van der Waals surface area contributed by atoms with Gasteiger partial charge in [0.15, 0.2) is 0 Å². The number of benzene rings is 1. The Hall–Kier alpha value is -3.76. The Morgan fingerprint density at radius 1 is 1.21 bits per heavy atom. The summed E-state index contributed by atoms with van der Waals surface area (Å²) in [5.41, 5.74) is -0.896. The molecule has 2 fully saturated rings. The Labute approximate surface area is 194 Å². The molecule has 1 aromatic heterocycles. The van der Waals surface area contributed by atoms with Crippen molar-refractivity contribution >= 4 is 23.5 Å². The maximum Gasteiger partial charge on any atom is 0.342 e. The third kappa shape index (κ3) is 4.92. The molecule has 1 aliphatic carbocycles. The van der Waals surface area contributed by atoms with Crippen LogP contribution in [0.1, 0.15) is 46.5 Å². The van der Waals surface area contributed by atoms with E-state index in [1.807, 2.05) is 4.90 Å². The summed E-state index contributed by atoms with van der Waals surface area (Å²) >= 11 is 0. The number of hydrogen-bond donors (Lipinski definition) is 3. The second kappa shape index (κ2) is 9.62. The number of methoxy groups -OCH3 is 1. The molecule has 0 bridgehead atoms. The number of carbonyl (C=O) groups excluding carboxylic acids is 3. The van der Waals surface area contributed by atoms with Crippen LogP contribution in [-0.4, -0.2) is 60.3 Å². The Bertz CT molecular complexity index is 1130. The van der Waals surface area contributed by atoms with Crippen LogP contribution in [0.3, 0.4) is 0 Å². The zero-order chi connectivity index (χ0) is 24.3. The number of rotatable bonds is 7. The normalized spacial score (nSPS) is 17.1. The SMILES string of the molecule is COC(=O)c1c(F)cccc1N1CCC(CNC(=O)C2(NC(=O)c3ccc(=O)[nH]n3)CC2)CC1. The molecular formula is C23H26FN5O5. The van der Waals surface area contributed by atoms with Gasteiger partial charge in [0.1, 0.15) is 22.6 Å². The molecule has 1 aromatic carbocycles. The van der Waals surface area contributed by atoms with E-state index in [9.17, 15) is 23.6 Å². The highest BCUT2D eigenvalue weighted by Gasteiger charge is 2.51. The number of nitrogens with zero attached hydrogens (tertiary/aromatic N) is 2. The molecule has 10 nitrogen and oxygen atoms in total. The highest BCUT2D eigenvalue weighted by atomic mass is 19.1. The zero-order valence-corrected chi connectivity index (χ0v) is 18.7. The van der Waals surface area contributed by atoms with Crippen molar-refractivity contribution < 1.29 is 23.5 Å². The van der Waals surface area contributed by atoms with Crippen molar-refractivity contribution in [3.05, 3.63) is 57.8 Å². The second-order valence-electron chi connectivity index (χ2n) is 8.61. The number of amides is 2. The fraction of sp³-hybridized carbons (Fsp3) is 0.435. The van der Waals surface area contributed by atoms with Gasteiger partial charge in [-0.3, -0.25) is 14.4 Å². The summed E-state index contributed by atoms with van der Waals surface area (Å²) in [4.78, 5) is 50.2. The van der Waals surface area contributed by atoms with Gasteiger partial charge < -0.3 is 20.3 Å². The Balaban J connectivity index is 1.29. The van der Waals surface area contributed by atoms with Crippen LogP contribution >= 0.6 is 0 Å². The molecular weight excluding hydrogens is 445 g/mol. The van der Waals surface area contributed by atoms with E-state index in [0.717, 1.165) is 12.8 Å². The topological polar surface area (TPSA) is 133 Å². The number of piperidine rings is 1. The third-order valence-electron chi connectivity index (χ3n) is 6.34. The molecule has 3 N–H and O–H groups in total. The first-order chi connectivity index (χ1) is 16.3. The van der Waals surface area contributed by atoms with E-state index in [1.165, 1.54) is 25.3 Å². The van der Waals surface area contributed by atoms with Gasteiger partial charge in [-0.1, -0.05) is 6.07 Å². The van der Waals surface area contributed by atoms with Gasteiger partial charge in [-0.2, -0.15) is 5.10 Å². The summed E-state index contributed by atoms with van der Waals surface area (Å²) in [6, 6.07) is 7.01. The lowest BCUT2D eigenvalue weighted by molar-refractivity contribution is -0.124. The van der Waals surface area contributed by atoms with Gasteiger partial charge >= 0.3 is 5.97 Å². The fourth-order valence-corrected chi connectivity index (χ4v) is 4.15. The summed E-state index contributed by atoms with van der Waals surface area (Å²) in [7, 11) is 1.22. The Kier molecular flexibility index (Phi) is 6.62. The number of carbonyl (C=O) groups is 3. The number of H-pyrrole nitrogens is 1. The van der Waals surface area contributed by atoms with E-state index in [4.69, 9.17) is 4.74 Å². The van der Waals surface area contributed by atoms with Crippen molar-refractivity contribution in [2.75, 3.05) is 31.6 Å². The molecule has 0 radical (unpaired) electrons. The first-order valence-electron chi connectivity index (χ1n) is 11.1. The van der Waals surface area contributed by atoms with Gasteiger partial charge in [0.2, 0.25) is 5.91 Å². The predicted molar refractivity (Wildman–Crippen MR) is 120 cm³/mol. The van der Waals surface area contributed by atoms with Gasteiger partial charge in [0, 0.05) is 25.7 Å². The van der Waals surface area contributed by atoms with E-state index in [0.29, 0.717) is 38.2 Å². The molecule has 2 heterocycles. The molecule has 180 valence electrons. The highest BCUT2D eigenvalue weighted by molar-refractivity contribution is 5.99.